The summed E-state index contributed by atoms with van der Waals surface area (Å²) in [6, 6.07) is 12.0. The molecule has 1 aliphatic heterocycles. The van der Waals surface area contributed by atoms with E-state index < -0.39 is 0 Å². The molecule has 4 rings (SSSR count). The maximum Gasteiger partial charge on any atom is 0.228 e. The molecule has 0 aliphatic carbocycles. The number of para-hydroxylation sites is 1. The van der Waals surface area contributed by atoms with Crippen LogP contribution in [0, 0.1) is 6.92 Å². The minimum absolute atomic E-state index is 0.0177. The maximum absolute atomic E-state index is 13.4. The summed E-state index contributed by atoms with van der Waals surface area (Å²) in [5.74, 6) is 0.0829. The molecule has 0 saturated heterocycles. The van der Waals surface area contributed by atoms with E-state index in [1.54, 1.807) is 24.5 Å². The zero-order chi connectivity index (χ0) is 24.6. The molecule has 0 N–H and O–H groups in total. The van der Waals surface area contributed by atoms with E-state index in [1.807, 2.05) is 58.6 Å². The summed E-state index contributed by atoms with van der Waals surface area (Å²) in [5.41, 5.74) is 3.88. The van der Waals surface area contributed by atoms with Crippen LogP contribution in [0.1, 0.15) is 41.6 Å². The Morgan fingerprint density at radius 1 is 1.03 bits per heavy atom. The second-order valence-electron chi connectivity index (χ2n) is 8.99. The monoisotopic (exact) mass is 491 g/mol. The van der Waals surface area contributed by atoms with Crippen LogP contribution in [-0.4, -0.2) is 57.8 Å². The third kappa shape index (κ3) is 6.96. The van der Waals surface area contributed by atoms with Crippen molar-refractivity contribution in [3.63, 3.8) is 0 Å². The van der Waals surface area contributed by atoms with Gasteiger partial charge in [0.2, 0.25) is 11.8 Å². The van der Waals surface area contributed by atoms with E-state index in [2.05, 4.69) is 20.9 Å². The minimum atomic E-state index is 0.0177. The summed E-state index contributed by atoms with van der Waals surface area (Å²) in [6.45, 7) is 7.88. The van der Waals surface area contributed by atoms with Gasteiger partial charge in [-0.3, -0.25) is 19.5 Å². The summed E-state index contributed by atoms with van der Waals surface area (Å²) in [4.78, 5) is 40.9. The third-order valence-corrected chi connectivity index (χ3v) is 7.09. The van der Waals surface area contributed by atoms with Crippen molar-refractivity contribution < 1.29 is 9.59 Å². The van der Waals surface area contributed by atoms with E-state index >= 15 is 0 Å². The quantitative estimate of drug-likeness (QED) is 0.550. The fraction of sp³-hybridized carbons (Fsp3) is 0.407. The van der Waals surface area contributed by atoms with Crippen molar-refractivity contribution in [2.45, 2.75) is 46.2 Å². The highest BCUT2D eigenvalue weighted by molar-refractivity contribution is 7.09. The first-order valence-electron chi connectivity index (χ1n) is 12.2. The van der Waals surface area contributed by atoms with Crippen molar-refractivity contribution in [3.8, 4) is 0 Å². The number of hydrogen-bond acceptors (Lipinski definition) is 6. The van der Waals surface area contributed by atoms with Gasteiger partial charge >= 0.3 is 0 Å². The van der Waals surface area contributed by atoms with Crippen molar-refractivity contribution in [2.75, 3.05) is 31.1 Å². The molecule has 3 aromatic rings. The average Bonchev–Trinajstić information content (AvgIpc) is 3.25. The molecule has 8 heteroatoms. The molecule has 0 saturated carbocycles. The summed E-state index contributed by atoms with van der Waals surface area (Å²) in [6.07, 6.45) is 5.73. The highest BCUT2D eigenvalue weighted by Crippen LogP contribution is 2.24. The van der Waals surface area contributed by atoms with Crippen LogP contribution in [-0.2, 0) is 29.1 Å². The Morgan fingerprint density at radius 3 is 2.54 bits per heavy atom. The van der Waals surface area contributed by atoms with Gasteiger partial charge in [0.15, 0.2) is 0 Å². The number of amides is 2. The third-order valence-electron chi connectivity index (χ3n) is 6.26. The van der Waals surface area contributed by atoms with Gasteiger partial charge < -0.3 is 9.80 Å². The van der Waals surface area contributed by atoms with Crippen LogP contribution in [0.15, 0.2) is 54.2 Å². The zero-order valence-corrected chi connectivity index (χ0v) is 21.3. The van der Waals surface area contributed by atoms with Crippen LogP contribution in [0.25, 0.3) is 0 Å². The number of hydrogen-bond donors (Lipinski definition) is 0. The van der Waals surface area contributed by atoms with Gasteiger partial charge in [0.25, 0.3) is 0 Å². The number of pyridine rings is 1. The van der Waals surface area contributed by atoms with E-state index in [9.17, 15) is 9.59 Å². The van der Waals surface area contributed by atoms with E-state index in [0.29, 0.717) is 26.1 Å². The fourth-order valence-corrected chi connectivity index (χ4v) is 5.18. The van der Waals surface area contributed by atoms with E-state index in [4.69, 9.17) is 0 Å². The molecule has 35 heavy (non-hydrogen) atoms. The predicted molar refractivity (Wildman–Crippen MR) is 139 cm³/mol. The second kappa shape index (κ2) is 12.0. The van der Waals surface area contributed by atoms with Gasteiger partial charge in [0.1, 0.15) is 0 Å². The number of aromatic nitrogens is 2. The van der Waals surface area contributed by atoms with E-state index in [1.165, 1.54) is 5.56 Å². The smallest absolute Gasteiger partial charge is 0.228 e. The van der Waals surface area contributed by atoms with E-state index in [0.717, 1.165) is 54.4 Å². The van der Waals surface area contributed by atoms with E-state index in [-0.39, 0.29) is 11.8 Å². The first-order valence-corrected chi connectivity index (χ1v) is 13.0. The Morgan fingerprint density at radius 2 is 1.83 bits per heavy atom. The topological polar surface area (TPSA) is 69.6 Å². The molecule has 7 nitrogen and oxygen atoms in total. The predicted octanol–water partition coefficient (Wildman–Crippen LogP) is 4.07. The number of carbonyl (C=O) groups excluding carboxylic acids is 2. The Hall–Kier alpha value is -3.10. The molecule has 0 unspecified atom stereocenters. The molecule has 0 bridgehead atoms. The largest absolute Gasteiger partial charge is 0.338 e. The molecular weight excluding hydrogens is 458 g/mol. The van der Waals surface area contributed by atoms with Gasteiger partial charge in [-0.15, -0.1) is 11.3 Å². The molecular formula is C27H33N5O2S. The molecule has 0 atom stereocenters. The molecule has 2 aromatic heterocycles. The molecule has 3 heterocycles. The molecule has 184 valence electrons. The summed E-state index contributed by atoms with van der Waals surface area (Å²) < 4.78 is 0. The Labute approximate surface area is 211 Å². The standard InChI is InChI=1S/C27H33N5O2S/c1-21-29-25(20-35-21)16-27(34)31-14-6-12-30(18-23-8-5-11-28-17-23)13-7-15-32(22(2)33)26-10-4-3-9-24(26)19-31/h3-5,8-11,17,20H,6-7,12-16,18-19H2,1-2H3. The van der Waals surface area contributed by atoms with Crippen molar-refractivity contribution in [3.05, 3.63) is 76.0 Å². The van der Waals surface area contributed by atoms with Crippen molar-refractivity contribution in [2.24, 2.45) is 0 Å². The van der Waals surface area contributed by atoms with Gasteiger partial charge in [-0.25, -0.2) is 4.98 Å². The number of thiazole rings is 1. The highest BCUT2D eigenvalue weighted by Gasteiger charge is 2.22. The first-order chi connectivity index (χ1) is 17.0. The number of benzene rings is 1. The fourth-order valence-electron chi connectivity index (χ4n) is 4.57. The lowest BCUT2D eigenvalue weighted by Crippen LogP contribution is -2.38. The number of carbonyl (C=O) groups is 2. The van der Waals surface area contributed by atoms with Crippen LogP contribution in [0.5, 0.6) is 0 Å². The number of aryl methyl sites for hydroxylation is 1. The lowest BCUT2D eigenvalue weighted by Gasteiger charge is -2.31. The number of rotatable bonds is 4. The van der Waals surface area contributed by atoms with Gasteiger partial charge in [0.05, 0.1) is 17.1 Å². The van der Waals surface area contributed by atoms with Crippen LogP contribution in [0.2, 0.25) is 0 Å². The van der Waals surface area contributed by atoms with Crippen molar-refractivity contribution >= 4 is 28.8 Å². The molecule has 1 aliphatic rings. The van der Waals surface area contributed by atoms with Gasteiger partial charge in [-0.1, -0.05) is 24.3 Å². The van der Waals surface area contributed by atoms with Crippen molar-refractivity contribution in [1.82, 2.24) is 19.8 Å². The Kier molecular flexibility index (Phi) is 8.60. The molecule has 1 aromatic carbocycles. The SMILES string of the molecule is CC(=O)N1CCCN(Cc2cccnc2)CCCN(C(=O)Cc2csc(C)n2)Cc2ccccc21. The lowest BCUT2D eigenvalue weighted by atomic mass is 10.1. The van der Waals surface area contributed by atoms with Crippen LogP contribution in [0.3, 0.4) is 0 Å². The normalized spacial score (nSPS) is 15.7. The molecule has 2 amide bonds. The molecule has 0 spiro atoms. The summed E-state index contributed by atoms with van der Waals surface area (Å²) in [5, 5.41) is 2.93. The van der Waals surface area contributed by atoms with Crippen LogP contribution in [0.4, 0.5) is 5.69 Å². The molecule has 0 fully saturated rings. The number of nitrogens with zero attached hydrogens (tertiary/aromatic N) is 5. The van der Waals surface area contributed by atoms with Crippen LogP contribution < -0.4 is 4.90 Å². The highest BCUT2D eigenvalue weighted by atomic mass is 32.1. The summed E-state index contributed by atoms with van der Waals surface area (Å²) in [7, 11) is 0. The second-order valence-corrected chi connectivity index (χ2v) is 10.1. The van der Waals surface area contributed by atoms with Gasteiger partial charge in [-0.05, 0) is 43.0 Å². The number of fused-ring (bicyclic) bond motifs is 1. The van der Waals surface area contributed by atoms with Gasteiger partial charge in [0, 0.05) is 69.7 Å². The Balaban J connectivity index is 1.58. The summed E-state index contributed by atoms with van der Waals surface area (Å²) >= 11 is 1.57. The maximum atomic E-state index is 13.4. The van der Waals surface area contributed by atoms with Gasteiger partial charge in [-0.2, -0.15) is 0 Å². The Bertz CT molecular complexity index is 1130. The van der Waals surface area contributed by atoms with Crippen LogP contribution >= 0.6 is 11.3 Å². The zero-order valence-electron chi connectivity index (χ0n) is 20.5. The first kappa shape index (κ1) is 25.0. The molecule has 0 radical (unpaired) electrons. The number of anilines is 1. The average molecular weight is 492 g/mol. The minimum Gasteiger partial charge on any atom is -0.338 e. The lowest BCUT2D eigenvalue weighted by molar-refractivity contribution is -0.131. The van der Waals surface area contributed by atoms with Crippen molar-refractivity contribution in [1.29, 1.82) is 0 Å².